The normalized spacial score (nSPS) is 21.0. The number of alkyl carbamates (subject to hydrolysis) is 1. The molecule has 1 amide bonds. The Hall–Kier alpha value is -1.92. The zero-order chi connectivity index (χ0) is 34.7. The van der Waals surface area contributed by atoms with E-state index >= 15 is 0 Å². The maximum Gasteiger partial charge on any atom is 0.407 e. The minimum Gasteiger partial charge on any atom is -0.463 e. The van der Waals surface area contributed by atoms with Gasteiger partial charge < -0.3 is 29.0 Å². The van der Waals surface area contributed by atoms with Gasteiger partial charge in [0.15, 0.2) is 12.2 Å². The van der Waals surface area contributed by atoms with Gasteiger partial charge in [-0.1, -0.05) is 136 Å². The van der Waals surface area contributed by atoms with Crippen molar-refractivity contribution >= 4 is 70.6 Å². The summed E-state index contributed by atoms with van der Waals surface area (Å²) < 4.78 is 26.3. The molecule has 0 unspecified atom stereocenters. The topological polar surface area (TPSA) is 126 Å². The number of thioether (sulfide) groups is 1. The van der Waals surface area contributed by atoms with Gasteiger partial charge >= 0.3 is 24.0 Å². The molecule has 10 nitrogen and oxygen atoms in total. The number of hydrogen-bond acceptors (Lipinski definition) is 10. The van der Waals surface area contributed by atoms with Gasteiger partial charge in [-0.3, -0.25) is 14.4 Å². The maximum absolute atomic E-state index is 13.2. The van der Waals surface area contributed by atoms with Gasteiger partial charge in [0.1, 0.15) is 30.8 Å². The third kappa shape index (κ3) is 17.9. The molecular formula is C33H48Cl3NO9S. The fourth-order valence-corrected chi connectivity index (χ4v) is 6.38. The molecule has 5 atom stereocenters. The van der Waals surface area contributed by atoms with Crippen LogP contribution in [0.25, 0.3) is 0 Å². The number of esters is 3. The van der Waals surface area contributed by atoms with Crippen LogP contribution in [0.3, 0.4) is 0 Å². The predicted molar refractivity (Wildman–Crippen MR) is 183 cm³/mol. The zero-order valence-electron chi connectivity index (χ0n) is 27.4. The quantitative estimate of drug-likeness (QED) is 0.0607. The number of benzene rings is 1. The monoisotopic (exact) mass is 739 g/mol. The number of nitrogens with one attached hydrogen (secondary N) is 1. The van der Waals surface area contributed by atoms with Crippen molar-refractivity contribution in [2.45, 2.75) is 136 Å². The number of hydrogen-bond donors (Lipinski definition) is 1. The van der Waals surface area contributed by atoms with E-state index < -0.39 is 64.2 Å². The molecule has 14 heteroatoms. The van der Waals surface area contributed by atoms with Gasteiger partial charge in [0.05, 0.1) is 0 Å². The molecule has 1 heterocycles. The van der Waals surface area contributed by atoms with Crippen LogP contribution in [0.1, 0.15) is 97.8 Å². The van der Waals surface area contributed by atoms with E-state index in [9.17, 15) is 19.2 Å². The third-order valence-electron chi connectivity index (χ3n) is 7.30. The fraction of sp³-hybridized carbons (Fsp3) is 0.697. The van der Waals surface area contributed by atoms with E-state index in [1.165, 1.54) is 70.6 Å². The average molecular weight is 741 g/mol. The first-order valence-electron chi connectivity index (χ1n) is 16.3. The van der Waals surface area contributed by atoms with Gasteiger partial charge in [-0.05, 0) is 18.6 Å². The van der Waals surface area contributed by atoms with Gasteiger partial charge in [-0.15, -0.1) is 0 Å². The van der Waals surface area contributed by atoms with Crippen LogP contribution in [-0.2, 0) is 38.1 Å². The molecule has 266 valence electrons. The Morgan fingerprint density at radius 1 is 0.809 bits per heavy atom. The molecule has 1 saturated heterocycles. The van der Waals surface area contributed by atoms with E-state index in [-0.39, 0.29) is 13.0 Å². The van der Waals surface area contributed by atoms with Crippen molar-refractivity contribution in [1.29, 1.82) is 0 Å². The van der Waals surface area contributed by atoms with Gasteiger partial charge in [-0.25, -0.2) is 4.79 Å². The number of ether oxygens (including phenoxy) is 5. The maximum atomic E-state index is 13.2. The largest absolute Gasteiger partial charge is 0.463 e. The second-order valence-electron chi connectivity index (χ2n) is 11.5. The van der Waals surface area contributed by atoms with Crippen molar-refractivity contribution in [1.82, 2.24) is 5.32 Å². The molecule has 1 aromatic carbocycles. The van der Waals surface area contributed by atoms with E-state index in [1.54, 1.807) is 0 Å². The van der Waals surface area contributed by atoms with Crippen LogP contribution in [-0.4, -0.2) is 70.8 Å². The number of rotatable bonds is 20. The summed E-state index contributed by atoms with van der Waals surface area (Å²) in [5.41, 5.74) is -0.912. The molecule has 0 aliphatic carbocycles. The Kier molecular flexibility index (Phi) is 19.9. The fourth-order valence-electron chi connectivity index (χ4n) is 5.07. The number of halogens is 3. The van der Waals surface area contributed by atoms with Crippen LogP contribution in [0, 0.1) is 0 Å². The van der Waals surface area contributed by atoms with Gasteiger partial charge in [0.2, 0.25) is 3.79 Å². The minimum atomic E-state index is -1.87. The van der Waals surface area contributed by atoms with Crippen LogP contribution in [0.15, 0.2) is 35.2 Å². The first-order valence-corrected chi connectivity index (χ1v) is 18.3. The van der Waals surface area contributed by atoms with E-state index in [1.807, 2.05) is 30.3 Å². The first-order chi connectivity index (χ1) is 22.4. The minimum absolute atomic E-state index is 0.122. The molecule has 1 aliphatic rings. The highest BCUT2D eigenvalue weighted by atomic mass is 35.6. The SMILES string of the molecule is CCCCCCCCCCCCCC(=O)O[C@@H]1[C@@H](NC(=O)OCC(Cl)(Cl)Cl)[C@H](Sc2ccccc2)O[C@H](COC(C)=O)[C@H]1OC(C)=O. The number of carbonyl (C=O) groups excluding carboxylic acids is 4. The lowest BCUT2D eigenvalue weighted by Gasteiger charge is -2.45. The molecule has 1 fully saturated rings. The number of alkyl halides is 3. The summed E-state index contributed by atoms with van der Waals surface area (Å²) in [7, 11) is 0. The smallest absolute Gasteiger partial charge is 0.407 e. The highest BCUT2D eigenvalue weighted by Crippen LogP contribution is 2.36. The Balaban J connectivity index is 2.19. The zero-order valence-corrected chi connectivity index (χ0v) is 30.5. The molecule has 2 rings (SSSR count). The van der Waals surface area contributed by atoms with Gasteiger partial charge in [0, 0.05) is 25.2 Å². The highest BCUT2D eigenvalue weighted by molar-refractivity contribution is 7.99. The van der Waals surface area contributed by atoms with E-state index in [0.29, 0.717) is 6.42 Å². The molecule has 1 aromatic rings. The lowest BCUT2D eigenvalue weighted by molar-refractivity contribution is -0.212. The molecule has 0 radical (unpaired) electrons. The molecule has 0 aromatic heterocycles. The third-order valence-corrected chi connectivity index (χ3v) is 8.81. The van der Waals surface area contributed by atoms with Crippen LogP contribution in [0.2, 0.25) is 0 Å². The molecule has 1 aliphatic heterocycles. The molecular weight excluding hydrogens is 693 g/mol. The van der Waals surface area contributed by atoms with Gasteiger partial charge in [-0.2, -0.15) is 0 Å². The Labute approximate surface area is 297 Å². The second-order valence-corrected chi connectivity index (χ2v) is 15.1. The van der Waals surface area contributed by atoms with Crippen molar-refractivity contribution in [2.75, 3.05) is 13.2 Å². The number of unbranched alkanes of at least 4 members (excludes halogenated alkanes) is 10. The number of amides is 1. The Morgan fingerprint density at radius 3 is 1.96 bits per heavy atom. The van der Waals surface area contributed by atoms with E-state index in [0.717, 1.165) is 24.2 Å². The van der Waals surface area contributed by atoms with Gasteiger partial charge in [0.25, 0.3) is 0 Å². The van der Waals surface area contributed by atoms with Crippen LogP contribution in [0.5, 0.6) is 0 Å². The molecule has 47 heavy (non-hydrogen) atoms. The summed E-state index contributed by atoms with van der Waals surface area (Å²) in [6, 6.07) is 8.06. The summed E-state index contributed by atoms with van der Waals surface area (Å²) >= 11 is 18.5. The summed E-state index contributed by atoms with van der Waals surface area (Å²) in [6.45, 7) is 3.78. The Bertz CT molecular complexity index is 1090. The van der Waals surface area contributed by atoms with E-state index in [4.69, 9.17) is 58.5 Å². The lowest BCUT2D eigenvalue weighted by atomic mass is 9.97. The lowest BCUT2D eigenvalue weighted by Crippen LogP contribution is -2.65. The Morgan fingerprint density at radius 2 is 1.40 bits per heavy atom. The van der Waals surface area contributed by atoms with Crippen LogP contribution < -0.4 is 5.32 Å². The van der Waals surface area contributed by atoms with Crippen LogP contribution in [0.4, 0.5) is 4.79 Å². The second kappa shape index (κ2) is 22.7. The summed E-state index contributed by atoms with van der Waals surface area (Å²) in [5.74, 6) is -1.81. The van der Waals surface area contributed by atoms with E-state index in [2.05, 4.69) is 12.2 Å². The summed E-state index contributed by atoms with van der Waals surface area (Å²) in [6.07, 6.45) is 8.00. The molecule has 1 N–H and O–H groups in total. The van der Waals surface area contributed by atoms with Crippen LogP contribution >= 0.6 is 46.6 Å². The average Bonchev–Trinajstić information content (AvgIpc) is 3.00. The molecule has 0 spiro atoms. The first kappa shape index (κ1) is 41.3. The van der Waals surface area contributed by atoms with Crippen molar-refractivity contribution in [2.24, 2.45) is 0 Å². The standard InChI is InChI=1S/C33H48Cl3NO9S/c1-4-5-6-7-8-9-10-11-12-13-17-20-27(40)46-30-28(37-32(41)43-22-33(34,35)36)31(47-25-18-15-14-16-19-25)45-26(21-42-23(2)38)29(30)44-24(3)39/h14-16,18-19,26,28-31H,4-13,17,20-22H2,1-3H3,(H,37,41)/t26-,28-,29-,30-,31+/m1/s1. The summed E-state index contributed by atoms with van der Waals surface area (Å²) in [5, 5.41) is 2.66. The molecule has 0 saturated carbocycles. The predicted octanol–water partition coefficient (Wildman–Crippen LogP) is 8.08. The summed E-state index contributed by atoms with van der Waals surface area (Å²) in [4.78, 5) is 50.9. The van der Waals surface area contributed by atoms with Crippen molar-refractivity contribution in [3.05, 3.63) is 30.3 Å². The highest BCUT2D eigenvalue weighted by Gasteiger charge is 2.51. The van der Waals surface area contributed by atoms with Crippen molar-refractivity contribution in [3.63, 3.8) is 0 Å². The van der Waals surface area contributed by atoms with Crippen molar-refractivity contribution in [3.8, 4) is 0 Å². The molecule has 0 bridgehead atoms. The van der Waals surface area contributed by atoms with Crippen molar-refractivity contribution < 1.29 is 42.9 Å². The number of carbonyl (C=O) groups is 4.